The van der Waals surface area contributed by atoms with Gasteiger partial charge in [0, 0.05) is 19.0 Å². The van der Waals surface area contributed by atoms with Crippen LogP contribution in [-0.4, -0.2) is 55.8 Å². The van der Waals surface area contributed by atoms with E-state index in [1.54, 1.807) is 35.2 Å². The van der Waals surface area contributed by atoms with Gasteiger partial charge in [0.1, 0.15) is 12.7 Å². The lowest BCUT2D eigenvalue weighted by Gasteiger charge is -2.32. The lowest BCUT2D eigenvalue weighted by molar-refractivity contribution is -0.152. The van der Waals surface area contributed by atoms with Crippen LogP contribution in [0.4, 0.5) is 0 Å². The number of amides is 1. The Bertz CT molecular complexity index is 818. The molecule has 1 saturated heterocycles. The van der Waals surface area contributed by atoms with Crippen molar-refractivity contribution >= 4 is 11.9 Å². The van der Waals surface area contributed by atoms with E-state index in [9.17, 15) is 9.59 Å². The van der Waals surface area contributed by atoms with E-state index in [0.29, 0.717) is 31.9 Å². The number of carbonyl (C=O) groups is 2. The maximum Gasteiger partial charge on any atom is 0.338 e. The van der Waals surface area contributed by atoms with Gasteiger partial charge in [0.15, 0.2) is 0 Å². The first-order chi connectivity index (χ1) is 14.7. The molecule has 158 valence electrons. The molecule has 0 aliphatic carbocycles. The maximum absolute atomic E-state index is 13.2. The molecule has 0 aromatic heterocycles. The summed E-state index contributed by atoms with van der Waals surface area (Å²) in [5.41, 5.74) is 1.42. The minimum absolute atomic E-state index is 0.00671. The van der Waals surface area contributed by atoms with Gasteiger partial charge in [-0.1, -0.05) is 54.6 Å². The number of esters is 1. The van der Waals surface area contributed by atoms with Crippen molar-refractivity contribution in [3.05, 3.63) is 84.4 Å². The van der Waals surface area contributed by atoms with Crippen LogP contribution in [-0.2, 0) is 25.6 Å². The summed E-state index contributed by atoms with van der Waals surface area (Å²) in [6.07, 6.45) is 0.816. The van der Waals surface area contributed by atoms with Crippen LogP contribution in [0.2, 0.25) is 0 Å². The zero-order valence-electron chi connectivity index (χ0n) is 16.9. The second-order valence-corrected chi connectivity index (χ2v) is 7.02. The minimum atomic E-state index is -0.802. The van der Waals surface area contributed by atoms with E-state index in [4.69, 9.17) is 14.2 Å². The molecule has 1 amide bonds. The summed E-state index contributed by atoms with van der Waals surface area (Å²) in [7, 11) is 0. The Morgan fingerprint density at radius 2 is 1.67 bits per heavy atom. The highest BCUT2D eigenvalue weighted by Gasteiger charge is 2.33. The van der Waals surface area contributed by atoms with Crippen molar-refractivity contribution in [2.45, 2.75) is 12.7 Å². The average Bonchev–Trinajstić information content (AvgIpc) is 2.82. The second kappa shape index (κ2) is 11.3. The van der Waals surface area contributed by atoms with Crippen LogP contribution < -0.4 is 0 Å². The summed E-state index contributed by atoms with van der Waals surface area (Å²) in [6, 6.07) is 18.4. The highest BCUT2D eigenvalue weighted by Crippen LogP contribution is 2.18. The zero-order valence-corrected chi connectivity index (χ0v) is 16.9. The van der Waals surface area contributed by atoms with Crippen LogP contribution in [0.3, 0.4) is 0 Å². The predicted molar refractivity (Wildman–Crippen MR) is 113 cm³/mol. The van der Waals surface area contributed by atoms with E-state index >= 15 is 0 Å². The van der Waals surface area contributed by atoms with Crippen LogP contribution >= 0.6 is 0 Å². The van der Waals surface area contributed by atoms with Gasteiger partial charge < -0.3 is 19.1 Å². The molecule has 30 heavy (non-hydrogen) atoms. The zero-order chi connectivity index (χ0) is 21.2. The van der Waals surface area contributed by atoms with E-state index in [2.05, 4.69) is 6.58 Å². The summed E-state index contributed by atoms with van der Waals surface area (Å²) >= 11 is 0. The molecule has 0 N–H and O–H groups in total. The van der Waals surface area contributed by atoms with Gasteiger partial charge >= 0.3 is 5.97 Å². The van der Waals surface area contributed by atoms with Gasteiger partial charge in [0.25, 0.3) is 5.91 Å². The lowest BCUT2D eigenvalue weighted by Crippen LogP contribution is -2.49. The van der Waals surface area contributed by atoms with Crippen molar-refractivity contribution in [2.24, 2.45) is 5.92 Å². The average molecular weight is 409 g/mol. The first-order valence-corrected chi connectivity index (χ1v) is 10.1. The van der Waals surface area contributed by atoms with Crippen LogP contribution in [0.15, 0.2) is 73.3 Å². The van der Waals surface area contributed by atoms with Gasteiger partial charge in [-0.25, -0.2) is 4.79 Å². The Kier molecular flexibility index (Phi) is 8.18. The van der Waals surface area contributed by atoms with E-state index in [1.807, 2.05) is 36.4 Å². The molecule has 6 heteroatoms. The molecule has 0 spiro atoms. The molecule has 3 rings (SSSR count). The van der Waals surface area contributed by atoms with Crippen molar-refractivity contribution in [2.75, 3.05) is 32.9 Å². The van der Waals surface area contributed by atoms with Crippen LogP contribution in [0.5, 0.6) is 0 Å². The van der Waals surface area contributed by atoms with Gasteiger partial charge in [-0.15, -0.1) is 6.58 Å². The monoisotopic (exact) mass is 409 g/mol. The topological polar surface area (TPSA) is 65.1 Å². The fourth-order valence-electron chi connectivity index (χ4n) is 3.21. The number of hydrogen-bond donors (Lipinski definition) is 0. The Labute approximate surface area is 177 Å². The normalized spacial score (nSPS) is 15.8. The number of hydrogen-bond acceptors (Lipinski definition) is 5. The van der Waals surface area contributed by atoms with Gasteiger partial charge in [0.05, 0.1) is 25.4 Å². The lowest BCUT2D eigenvalue weighted by atomic mass is 10.0. The molecule has 0 unspecified atom stereocenters. The van der Waals surface area contributed by atoms with Gasteiger partial charge in [0.2, 0.25) is 0 Å². The minimum Gasteiger partial charge on any atom is -0.461 e. The molecule has 1 heterocycles. The van der Waals surface area contributed by atoms with Crippen molar-refractivity contribution < 1.29 is 23.8 Å². The quantitative estimate of drug-likeness (QED) is 0.470. The second-order valence-electron chi connectivity index (χ2n) is 7.02. The highest BCUT2D eigenvalue weighted by molar-refractivity contribution is 5.89. The van der Waals surface area contributed by atoms with Crippen LogP contribution in [0.1, 0.15) is 15.9 Å². The van der Waals surface area contributed by atoms with Crippen molar-refractivity contribution in [1.82, 2.24) is 4.90 Å². The standard InChI is InChI=1S/C24H27NO5/c1-2-20(18-30-24(27)21-11-7-4-8-12-21)22(23(26)25-13-15-28-16-14-25)29-17-19-9-5-3-6-10-19/h2-12,20,22H,1,13-18H2/t20-,22-/m0/s1. The number of rotatable bonds is 9. The number of benzene rings is 2. The summed E-state index contributed by atoms with van der Waals surface area (Å²) in [5.74, 6) is -1.06. The molecular formula is C24H27NO5. The maximum atomic E-state index is 13.2. The largest absolute Gasteiger partial charge is 0.461 e. The SMILES string of the molecule is C=C[C@@H](COC(=O)c1ccccc1)[C@H](OCc1ccccc1)C(=O)N1CCOCC1. The van der Waals surface area contributed by atoms with Gasteiger partial charge in [-0.05, 0) is 17.7 Å². The third-order valence-corrected chi connectivity index (χ3v) is 4.95. The fraction of sp³-hybridized carbons (Fsp3) is 0.333. The highest BCUT2D eigenvalue weighted by atomic mass is 16.5. The van der Waals surface area contributed by atoms with E-state index in [1.165, 1.54) is 0 Å². The fourth-order valence-corrected chi connectivity index (χ4v) is 3.21. The predicted octanol–water partition coefficient (Wildman–Crippen LogP) is 3.09. The molecule has 1 aliphatic heterocycles. The van der Waals surface area contributed by atoms with Crippen LogP contribution in [0.25, 0.3) is 0 Å². The summed E-state index contributed by atoms with van der Waals surface area (Å²) in [4.78, 5) is 27.3. The first kappa shape index (κ1) is 21.7. The summed E-state index contributed by atoms with van der Waals surface area (Å²) < 4.78 is 16.9. The molecule has 0 bridgehead atoms. The number of ether oxygens (including phenoxy) is 3. The van der Waals surface area contributed by atoms with Gasteiger partial charge in [-0.2, -0.15) is 0 Å². The number of morpholine rings is 1. The van der Waals surface area contributed by atoms with Gasteiger partial charge in [-0.3, -0.25) is 4.79 Å². The number of carbonyl (C=O) groups excluding carboxylic acids is 2. The van der Waals surface area contributed by atoms with Crippen molar-refractivity contribution in [3.63, 3.8) is 0 Å². The molecule has 0 radical (unpaired) electrons. The van der Waals surface area contributed by atoms with E-state index in [0.717, 1.165) is 5.56 Å². The molecule has 2 aromatic rings. The summed E-state index contributed by atoms with van der Waals surface area (Å²) in [5, 5.41) is 0. The molecule has 6 nitrogen and oxygen atoms in total. The third kappa shape index (κ3) is 6.02. The van der Waals surface area contributed by atoms with E-state index < -0.39 is 18.0 Å². The molecular weight excluding hydrogens is 382 g/mol. The molecule has 1 aliphatic rings. The smallest absolute Gasteiger partial charge is 0.338 e. The van der Waals surface area contributed by atoms with Crippen molar-refractivity contribution in [1.29, 1.82) is 0 Å². The Balaban J connectivity index is 1.69. The summed E-state index contributed by atoms with van der Waals surface area (Å²) in [6.45, 7) is 6.15. The molecule has 0 saturated carbocycles. The third-order valence-electron chi connectivity index (χ3n) is 4.95. The number of nitrogens with zero attached hydrogens (tertiary/aromatic N) is 1. The molecule has 1 fully saturated rings. The first-order valence-electron chi connectivity index (χ1n) is 10.1. The Hall–Kier alpha value is -2.96. The van der Waals surface area contributed by atoms with Crippen molar-refractivity contribution in [3.8, 4) is 0 Å². The van der Waals surface area contributed by atoms with E-state index in [-0.39, 0.29) is 19.1 Å². The Morgan fingerprint density at radius 1 is 1.03 bits per heavy atom. The van der Waals surface area contributed by atoms with Crippen LogP contribution in [0, 0.1) is 5.92 Å². The Morgan fingerprint density at radius 3 is 2.30 bits per heavy atom. The molecule has 2 atom stereocenters. The molecule has 2 aromatic carbocycles.